The lowest BCUT2D eigenvalue weighted by Crippen LogP contribution is -2.82. The Bertz CT molecular complexity index is 2820. The molecule has 3 aromatic carbocycles. The quantitative estimate of drug-likeness (QED) is 0.0320. The number of aromatic nitrogens is 1. The van der Waals surface area contributed by atoms with E-state index < -0.39 is 119 Å². The van der Waals surface area contributed by atoms with E-state index in [1.54, 1.807) is 98.9 Å². The molecule has 3 fully saturated rings. The van der Waals surface area contributed by atoms with Crippen molar-refractivity contribution in [3.8, 4) is 0 Å². The van der Waals surface area contributed by atoms with Gasteiger partial charge < -0.3 is 44.0 Å². The molecule has 2 heterocycles. The third-order valence-corrected chi connectivity index (χ3v) is 17.5. The number of fused-ring (bicyclic) bond motifs is 5. The number of esters is 5. The molecule has 19 heteroatoms. The molecule has 1 aromatic heterocycles. The molecule has 4 aliphatic rings. The predicted molar refractivity (Wildman–Crippen MR) is 273 cm³/mol. The third kappa shape index (κ3) is 10.7. The van der Waals surface area contributed by atoms with Crippen LogP contribution in [-0.4, -0.2) is 117 Å². The fraction of sp³-hybridized carbons (Fsp3) is 0.429. The first-order valence-electron chi connectivity index (χ1n) is 24.6. The number of rotatable bonds is 17. The Morgan fingerprint density at radius 3 is 2.07 bits per heavy atom. The number of benzene rings is 3. The number of aliphatic hydroxyl groups excluding tert-OH is 1. The molecule has 1 unspecified atom stereocenters. The van der Waals surface area contributed by atoms with E-state index in [0.29, 0.717) is 17.7 Å². The summed E-state index contributed by atoms with van der Waals surface area (Å²) >= 11 is 0. The van der Waals surface area contributed by atoms with Crippen molar-refractivity contribution in [3.63, 3.8) is 0 Å². The lowest BCUT2D eigenvalue weighted by molar-refractivity contribution is -0.346. The molecule has 1 saturated heterocycles. The Kier molecular flexibility index (Phi) is 16.4. The van der Waals surface area contributed by atoms with E-state index in [2.05, 4.69) is 10.3 Å². The summed E-state index contributed by atoms with van der Waals surface area (Å²) in [4.78, 5) is 104. The van der Waals surface area contributed by atoms with Crippen molar-refractivity contribution >= 4 is 63.1 Å². The lowest BCUT2D eigenvalue weighted by atomic mass is 9.44. The van der Waals surface area contributed by atoms with Gasteiger partial charge in [-0.05, 0) is 84.2 Å². The van der Waals surface area contributed by atoms with E-state index in [0.717, 1.165) is 18.9 Å². The molecule has 2 bridgehead atoms. The first kappa shape index (κ1) is 54.9. The van der Waals surface area contributed by atoms with Crippen LogP contribution in [0.15, 0.2) is 132 Å². The largest absolute Gasteiger partial charge is 0.461 e. The number of hydrogen-bond donors (Lipinski definition) is 3. The van der Waals surface area contributed by atoms with Gasteiger partial charge in [0.2, 0.25) is 0 Å². The Balaban J connectivity index is 1.24. The van der Waals surface area contributed by atoms with Gasteiger partial charge in [0, 0.05) is 56.0 Å². The average Bonchev–Trinajstić information content (AvgIpc) is 3.39. The first-order chi connectivity index (χ1) is 35.7. The molecule has 3 N–H and O–H groups in total. The van der Waals surface area contributed by atoms with Crippen LogP contribution in [0.1, 0.15) is 99.5 Å². The van der Waals surface area contributed by atoms with Crippen LogP contribution in [0, 0.1) is 16.7 Å². The standard InChI is InChI=1S/C56H60N2O15S2/c1-32-38(70-52(66)45(62)44(35-19-10-7-11-20-35)58-50(64)36-21-12-8-13-22-36)30-56(67)49(72-51(65)37-23-14-9-15-24-37)47-54(6,48(63)46(69-33(2)59)43(32)53(56,4)5)39(29-40-55(47,31-68-40)73-34(3)60)71-42(61)26-18-28-74-75-41-25-16-17-27-57-41/h7-17,19-25,27,38-40,44-47,49,62,67H,18,26,28-31H2,1-6H3,(H,58,64)/t38-,39-,40+,44?,45+,46+,47-,49-,54+,55-,56+/m0/s1. The molecular formula is C56H60N2O15S2. The smallest absolute Gasteiger partial charge is 0.338 e. The van der Waals surface area contributed by atoms with Crippen LogP contribution < -0.4 is 5.32 Å². The monoisotopic (exact) mass is 1060 g/mol. The highest BCUT2D eigenvalue weighted by atomic mass is 33.1. The Labute approximate surface area is 442 Å². The summed E-state index contributed by atoms with van der Waals surface area (Å²) in [5, 5.41) is 29.6. The number of hydrogen-bond acceptors (Lipinski definition) is 18. The summed E-state index contributed by atoms with van der Waals surface area (Å²) in [7, 11) is 2.94. The zero-order valence-corrected chi connectivity index (χ0v) is 43.9. The Morgan fingerprint density at radius 1 is 0.827 bits per heavy atom. The van der Waals surface area contributed by atoms with E-state index in [4.69, 9.17) is 28.4 Å². The number of ether oxygens (including phenoxy) is 6. The zero-order valence-electron chi connectivity index (χ0n) is 42.3. The molecule has 1 amide bonds. The van der Waals surface area contributed by atoms with Crippen LogP contribution in [0.25, 0.3) is 0 Å². The SMILES string of the molecule is CC(=O)O[C@H]1C(=O)[C@]2(C)[C@@H](OC(=O)CCCSSc3ccccn3)C[C@H]3OC[C@@]3(OC(C)=O)[C@H]2[C@H](OC(=O)c2ccccc2)[C@]2(O)C[C@H](OC(=O)[C@H](O)C(NC(=O)c3ccccc3)c3ccccc3)C(C)=C1C2(C)C. The molecule has 8 rings (SSSR count). The maximum atomic E-state index is 16.3. The molecule has 0 radical (unpaired) electrons. The summed E-state index contributed by atoms with van der Waals surface area (Å²) in [6.45, 7) is 8.02. The van der Waals surface area contributed by atoms with Crippen LogP contribution in [-0.2, 0) is 52.4 Å². The van der Waals surface area contributed by atoms with Gasteiger partial charge in [-0.15, -0.1) is 0 Å². The normalized spacial score (nSPS) is 28.2. The average molecular weight is 1070 g/mol. The molecule has 4 aromatic rings. The number of ketones is 1. The van der Waals surface area contributed by atoms with Crippen LogP contribution in [0.2, 0.25) is 0 Å². The van der Waals surface area contributed by atoms with Crippen LogP contribution in [0.4, 0.5) is 0 Å². The van der Waals surface area contributed by atoms with E-state index in [1.807, 2.05) is 18.2 Å². The molecular weight excluding hydrogens is 1000 g/mol. The van der Waals surface area contributed by atoms with Gasteiger partial charge >= 0.3 is 29.8 Å². The molecule has 2 saturated carbocycles. The van der Waals surface area contributed by atoms with Crippen molar-refractivity contribution in [3.05, 3.63) is 143 Å². The minimum atomic E-state index is -2.46. The van der Waals surface area contributed by atoms with Crippen LogP contribution in [0.3, 0.4) is 0 Å². The third-order valence-electron chi connectivity index (χ3n) is 15.1. The summed E-state index contributed by atoms with van der Waals surface area (Å²) in [5.41, 5.74) is -7.38. The number of carbonyl (C=O) groups excluding carboxylic acids is 7. The van der Waals surface area contributed by atoms with Crippen LogP contribution in [0.5, 0.6) is 0 Å². The van der Waals surface area contributed by atoms with Gasteiger partial charge in [0.15, 0.2) is 23.6 Å². The molecule has 0 spiro atoms. The van der Waals surface area contributed by atoms with Crippen molar-refractivity contribution in [2.75, 3.05) is 12.4 Å². The fourth-order valence-electron chi connectivity index (χ4n) is 11.3. The summed E-state index contributed by atoms with van der Waals surface area (Å²) in [5.74, 6) is -7.17. The van der Waals surface area contributed by atoms with Crippen LogP contribution >= 0.6 is 21.6 Å². The number of pyridine rings is 1. The highest BCUT2D eigenvalue weighted by molar-refractivity contribution is 8.76. The summed E-state index contributed by atoms with van der Waals surface area (Å²) < 4.78 is 37.5. The van der Waals surface area contributed by atoms with Gasteiger partial charge in [0.25, 0.3) is 5.91 Å². The number of amides is 1. The number of Topliss-reactive ketones (excluding diaryl/α,β-unsaturated/α-hetero) is 1. The predicted octanol–water partition coefficient (Wildman–Crippen LogP) is 6.90. The minimum absolute atomic E-state index is 0.0257. The van der Waals surface area contributed by atoms with Gasteiger partial charge in [0.1, 0.15) is 35.0 Å². The second-order valence-electron chi connectivity index (χ2n) is 20.0. The van der Waals surface area contributed by atoms with Gasteiger partial charge in [-0.1, -0.05) is 97.4 Å². The molecule has 3 aliphatic carbocycles. The Hall–Kier alpha value is -6.38. The second-order valence-corrected chi connectivity index (χ2v) is 22.4. The number of nitrogens with one attached hydrogen (secondary N) is 1. The maximum absolute atomic E-state index is 16.3. The van der Waals surface area contributed by atoms with Crippen molar-refractivity contribution in [2.24, 2.45) is 16.7 Å². The minimum Gasteiger partial charge on any atom is -0.461 e. The summed E-state index contributed by atoms with van der Waals surface area (Å²) in [6.07, 6.45) is -8.71. The highest BCUT2D eigenvalue weighted by Crippen LogP contribution is 2.65. The van der Waals surface area contributed by atoms with E-state index >= 15 is 4.79 Å². The molecule has 17 nitrogen and oxygen atoms in total. The molecule has 396 valence electrons. The summed E-state index contributed by atoms with van der Waals surface area (Å²) in [6, 6.07) is 28.5. The first-order valence-corrected chi connectivity index (χ1v) is 27.0. The van der Waals surface area contributed by atoms with Gasteiger partial charge in [-0.2, -0.15) is 0 Å². The fourth-order valence-corrected chi connectivity index (χ4v) is 13.3. The van der Waals surface area contributed by atoms with Gasteiger partial charge in [-0.3, -0.25) is 24.0 Å². The molecule has 1 aliphatic heterocycles. The molecule has 11 atom stereocenters. The maximum Gasteiger partial charge on any atom is 0.338 e. The van der Waals surface area contributed by atoms with Gasteiger partial charge in [-0.25, -0.2) is 14.6 Å². The lowest BCUT2D eigenvalue weighted by Gasteiger charge is -2.67. The van der Waals surface area contributed by atoms with E-state index in [-0.39, 0.29) is 41.7 Å². The van der Waals surface area contributed by atoms with Crippen molar-refractivity contribution in [1.82, 2.24) is 10.3 Å². The second kappa shape index (κ2) is 22.5. The van der Waals surface area contributed by atoms with Crippen molar-refractivity contribution < 1.29 is 72.2 Å². The number of nitrogens with zero attached hydrogens (tertiary/aromatic N) is 1. The highest BCUT2D eigenvalue weighted by Gasteiger charge is 2.79. The van der Waals surface area contributed by atoms with Crippen molar-refractivity contribution in [2.45, 2.75) is 126 Å². The van der Waals surface area contributed by atoms with Gasteiger partial charge in [0.05, 0.1) is 29.5 Å². The zero-order chi connectivity index (χ0) is 53.9. The number of carbonyl (C=O) groups is 7. The topological polar surface area (TPSA) is 240 Å². The van der Waals surface area contributed by atoms with E-state index in [9.17, 15) is 39.0 Å². The van der Waals surface area contributed by atoms with E-state index in [1.165, 1.54) is 47.6 Å². The number of aliphatic hydroxyl groups is 2. The Morgan fingerprint density at radius 2 is 1.47 bits per heavy atom. The van der Waals surface area contributed by atoms with Crippen molar-refractivity contribution in [1.29, 1.82) is 0 Å². The molecule has 75 heavy (non-hydrogen) atoms.